The molecule has 0 spiro atoms. The Balaban J connectivity index is 2.04. The molecular formula is C13H28N2O. The van der Waals surface area contributed by atoms with E-state index in [-0.39, 0.29) is 0 Å². The molecule has 0 aromatic carbocycles. The van der Waals surface area contributed by atoms with Gasteiger partial charge in [-0.2, -0.15) is 0 Å². The van der Waals surface area contributed by atoms with Crippen LogP contribution < -0.4 is 5.32 Å². The summed E-state index contributed by atoms with van der Waals surface area (Å²) in [6.07, 6.45) is 2.88. The van der Waals surface area contributed by atoms with Crippen LogP contribution >= 0.6 is 0 Å². The van der Waals surface area contributed by atoms with Crippen molar-refractivity contribution in [3.8, 4) is 0 Å². The molecule has 96 valence electrons. The van der Waals surface area contributed by atoms with Gasteiger partial charge < -0.3 is 15.0 Å². The zero-order valence-electron chi connectivity index (χ0n) is 11.3. The topological polar surface area (TPSA) is 24.5 Å². The molecule has 0 radical (unpaired) electrons. The van der Waals surface area contributed by atoms with E-state index < -0.39 is 0 Å². The van der Waals surface area contributed by atoms with E-state index in [9.17, 15) is 0 Å². The van der Waals surface area contributed by atoms with Crippen LogP contribution in [0.15, 0.2) is 0 Å². The number of piperidine rings is 1. The van der Waals surface area contributed by atoms with E-state index in [1.165, 1.54) is 25.9 Å². The molecular weight excluding hydrogens is 200 g/mol. The van der Waals surface area contributed by atoms with Gasteiger partial charge in [0.05, 0.1) is 12.7 Å². The molecule has 1 heterocycles. The van der Waals surface area contributed by atoms with Gasteiger partial charge >= 0.3 is 0 Å². The lowest BCUT2D eigenvalue weighted by atomic mass is 10.1. The normalized spacial score (nSPS) is 19.9. The van der Waals surface area contributed by atoms with E-state index in [2.05, 4.69) is 37.9 Å². The summed E-state index contributed by atoms with van der Waals surface area (Å²) >= 11 is 0. The monoisotopic (exact) mass is 228 g/mol. The third-order valence-corrected chi connectivity index (χ3v) is 3.22. The highest BCUT2D eigenvalue weighted by Gasteiger charge is 2.20. The molecule has 0 aliphatic carbocycles. The molecule has 16 heavy (non-hydrogen) atoms. The Morgan fingerprint density at radius 3 is 2.31 bits per heavy atom. The van der Waals surface area contributed by atoms with Gasteiger partial charge in [0.1, 0.15) is 0 Å². The van der Waals surface area contributed by atoms with E-state index in [4.69, 9.17) is 4.74 Å². The fraction of sp³-hybridized carbons (Fsp3) is 1.00. The molecule has 1 rings (SSSR count). The third kappa shape index (κ3) is 5.28. The van der Waals surface area contributed by atoms with Crippen LogP contribution in [0.5, 0.6) is 0 Å². The number of rotatable bonds is 6. The van der Waals surface area contributed by atoms with Crippen LogP contribution in [0.4, 0.5) is 0 Å². The Morgan fingerprint density at radius 2 is 1.81 bits per heavy atom. The maximum absolute atomic E-state index is 5.87. The minimum Gasteiger partial charge on any atom is -0.377 e. The van der Waals surface area contributed by atoms with Crippen LogP contribution in [0.1, 0.15) is 40.5 Å². The van der Waals surface area contributed by atoms with Gasteiger partial charge in [0.2, 0.25) is 0 Å². The van der Waals surface area contributed by atoms with Crippen LogP contribution in [0.3, 0.4) is 0 Å². The Hall–Kier alpha value is -0.120. The number of ether oxygens (including phenoxy) is 1. The number of nitrogens with zero attached hydrogens (tertiary/aromatic N) is 1. The molecule has 0 atom stereocenters. The Labute approximate surface area is 101 Å². The van der Waals surface area contributed by atoms with Crippen LogP contribution in [0.2, 0.25) is 0 Å². The fourth-order valence-electron chi connectivity index (χ4n) is 2.13. The van der Waals surface area contributed by atoms with Gasteiger partial charge in [-0.15, -0.1) is 0 Å². The largest absolute Gasteiger partial charge is 0.377 e. The summed E-state index contributed by atoms with van der Waals surface area (Å²) in [6.45, 7) is 13.1. The summed E-state index contributed by atoms with van der Waals surface area (Å²) in [7, 11) is 0. The third-order valence-electron chi connectivity index (χ3n) is 3.22. The predicted octanol–water partition coefficient (Wildman–Crippen LogP) is 1.87. The first-order valence-electron chi connectivity index (χ1n) is 6.68. The second kappa shape index (κ2) is 7.25. The highest BCUT2D eigenvalue weighted by Crippen LogP contribution is 2.15. The van der Waals surface area contributed by atoms with Crippen molar-refractivity contribution in [3.63, 3.8) is 0 Å². The van der Waals surface area contributed by atoms with Gasteiger partial charge in [0, 0.05) is 31.7 Å². The molecule has 0 amide bonds. The van der Waals surface area contributed by atoms with Crippen molar-refractivity contribution in [1.29, 1.82) is 0 Å². The number of hydrogen-bond acceptors (Lipinski definition) is 3. The van der Waals surface area contributed by atoms with Crippen LogP contribution in [-0.2, 0) is 4.74 Å². The first-order chi connectivity index (χ1) is 7.59. The standard InChI is InChI=1S/C13H28N2O/c1-11(2)14-7-10-16-13-5-8-15(9-6-13)12(3)4/h11-14H,5-10H2,1-4H3. The molecule has 0 aromatic rings. The second-order valence-corrected chi connectivity index (χ2v) is 5.31. The Morgan fingerprint density at radius 1 is 1.19 bits per heavy atom. The van der Waals surface area contributed by atoms with E-state index in [1.807, 2.05) is 0 Å². The van der Waals surface area contributed by atoms with Crippen molar-refractivity contribution >= 4 is 0 Å². The van der Waals surface area contributed by atoms with Crippen LogP contribution in [0, 0.1) is 0 Å². The molecule has 0 saturated carbocycles. The van der Waals surface area contributed by atoms with Gasteiger partial charge in [-0.1, -0.05) is 13.8 Å². The molecule has 1 aliphatic rings. The van der Waals surface area contributed by atoms with Crippen molar-refractivity contribution in [2.24, 2.45) is 0 Å². The molecule has 1 N–H and O–H groups in total. The summed E-state index contributed by atoms with van der Waals surface area (Å²) in [6, 6.07) is 1.25. The number of nitrogens with one attached hydrogen (secondary N) is 1. The lowest BCUT2D eigenvalue weighted by Crippen LogP contribution is -2.41. The lowest BCUT2D eigenvalue weighted by Gasteiger charge is -2.34. The summed E-state index contributed by atoms with van der Waals surface area (Å²) < 4.78 is 5.87. The molecule has 3 nitrogen and oxygen atoms in total. The molecule has 0 aromatic heterocycles. The number of likely N-dealkylation sites (tertiary alicyclic amines) is 1. The van der Waals surface area contributed by atoms with Gasteiger partial charge in [0.15, 0.2) is 0 Å². The molecule has 0 unspecified atom stereocenters. The van der Waals surface area contributed by atoms with Crippen LogP contribution in [0.25, 0.3) is 0 Å². The minimum atomic E-state index is 0.490. The highest BCUT2D eigenvalue weighted by atomic mass is 16.5. The summed E-state index contributed by atoms with van der Waals surface area (Å²) in [5, 5.41) is 3.38. The first-order valence-corrected chi connectivity index (χ1v) is 6.68. The van der Waals surface area contributed by atoms with E-state index >= 15 is 0 Å². The van der Waals surface area contributed by atoms with Crippen LogP contribution in [-0.4, -0.2) is 49.3 Å². The van der Waals surface area contributed by atoms with E-state index in [0.29, 0.717) is 18.2 Å². The van der Waals surface area contributed by atoms with Crippen molar-refractivity contribution < 1.29 is 4.74 Å². The summed E-state index contributed by atoms with van der Waals surface area (Å²) in [5.74, 6) is 0. The van der Waals surface area contributed by atoms with Crippen molar-refractivity contribution in [2.75, 3.05) is 26.2 Å². The van der Waals surface area contributed by atoms with Crippen molar-refractivity contribution in [3.05, 3.63) is 0 Å². The second-order valence-electron chi connectivity index (χ2n) is 5.31. The molecule has 3 heteroatoms. The van der Waals surface area contributed by atoms with Crippen molar-refractivity contribution in [2.45, 2.75) is 58.7 Å². The SMILES string of the molecule is CC(C)NCCOC1CCN(C(C)C)CC1. The Bertz CT molecular complexity index is 175. The van der Waals surface area contributed by atoms with Gasteiger partial charge in [-0.25, -0.2) is 0 Å². The quantitative estimate of drug-likeness (QED) is 0.703. The van der Waals surface area contributed by atoms with E-state index in [0.717, 1.165) is 13.2 Å². The van der Waals surface area contributed by atoms with Crippen molar-refractivity contribution in [1.82, 2.24) is 10.2 Å². The van der Waals surface area contributed by atoms with Gasteiger partial charge in [-0.3, -0.25) is 0 Å². The fourth-order valence-corrected chi connectivity index (χ4v) is 2.13. The Kier molecular flexibility index (Phi) is 6.32. The lowest BCUT2D eigenvalue weighted by molar-refractivity contribution is 0.00251. The highest BCUT2D eigenvalue weighted by molar-refractivity contribution is 4.74. The zero-order chi connectivity index (χ0) is 12.0. The maximum Gasteiger partial charge on any atom is 0.0600 e. The number of hydrogen-bond donors (Lipinski definition) is 1. The predicted molar refractivity (Wildman–Crippen MR) is 68.8 cm³/mol. The van der Waals surface area contributed by atoms with Gasteiger partial charge in [-0.05, 0) is 26.7 Å². The first kappa shape index (κ1) is 13.9. The zero-order valence-corrected chi connectivity index (χ0v) is 11.3. The van der Waals surface area contributed by atoms with E-state index in [1.54, 1.807) is 0 Å². The molecule has 1 fully saturated rings. The minimum absolute atomic E-state index is 0.490. The summed E-state index contributed by atoms with van der Waals surface area (Å²) in [5.41, 5.74) is 0. The smallest absolute Gasteiger partial charge is 0.0600 e. The van der Waals surface area contributed by atoms with Gasteiger partial charge in [0.25, 0.3) is 0 Å². The molecule has 0 bridgehead atoms. The molecule has 1 saturated heterocycles. The average molecular weight is 228 g/mol. The average Bonchev–Trinajstić information content (AvgIpc) is 2.25. The maximum atomic E-state index is 5.87. The molecule has 1 aliphatic heterocycles. The summed E-state index contributed by atoms with van der Waals surface area (Å²) in [4.78, 5) is 2.53.